The van der Waals surface area contributed by atoms with E-state index >= 15 is 0 Å². The number of halogens is 1. The molecule has 1 N–H and O–H groups in total. The fourth-order valence-electron chi connectivity index (χ4n) is 1.79. The average Bonchev–Trinajstić information content (AvgIpc) is 2.76. The third-order valence-electron chi connectivity index (χ3n) is 2.62. The smallest absolute Gasteiger partial charge is 0.240 e. The van der Waals surface area contributed by atoms with Crippen LogP contribution in [0.15, 0.2) is 15.9 Å². The Balaban J connectivity index is 1.99. The van der Waals surface area contributed by atoms with Gasteiger partial charge in [-0.15, -0.1) is 11.3 Å². The minimum Gasteiger partial charge on any atom is -0.336 e. The van der Waals surface area contributed by atoms with Crippen LogP contribution in [0.5, 0.6) is 0 Å². The lowest BCUT2D eigenvalue weighted by Crippen LogP contribution is -2.35. The molecular weight excluding hydrogens is 276 g/mol. The number of nitrogens with zero attached hydrogens (tertiary/aromatic N) is 1. The lowest BCUT2D eigenvalue weighted by Gasteiger charge is -2.15. The van der Waals surface area contributed by atoms with Gasteiger partial charge in [0, 0.05) is 11.4 Å². The maximum Gasteiger partial charge on any atom is 0.240 e. The zero-order valence-corrected chi connectivity index (χ0v) is 10.9. The summed E-state index contributed by atoms with van der Waals surface area (Å²) < 4.78 is 1.12. The lowest BCUT2D eigenvalue weighted by molar-refractivity contribution is -0.129. The molecule has 2 rings (SSSR count). The van der Waals surface area contributed by atoms with Crippen molar-refractivity contribution in [1.29, 1.82) is 0 Å². The van der Waals surface area contributed by atoms with E-state index in [9.17, 15) is 4.79 Å². The molecule has 1 amide bonds. The number of carbonyl (C=O) groups excluding carboxylic acids is 1. The molecule has 0 spiro atoms. The van der Waals surface area contributed by atoms with Crippen LogP contribution < -0.4 is 5.32 Å². The molecule has 1 aromatic rings. The van der Waals surface area contributed by atoms with E-state index in [1.54, 1.807) is 11.3 Å². The number of hydrogen-bond acceptors (Lipinski definition) is 3. The van der Waals surface area contributed by atoms with Crippen LogP contribution in [0.2, 0.25) is 0 Å². The molecule has 0 saturated carbocycles. The maximum atomic E-state index is 11.8. The highest BCUT2D eigenvalue weighted by molar-refractivity contribution is 9.11. The van der Waals surface area contributed by atoms with Gasteiger partial charge in [-0.25, -0.2) is 0 Å². The molecule has 0 bridgehead atoms. The minimum atomic E-state index is 0.0217. The molecule has 0 radical (unpaired) electrons. The van der Waals surface area contributed by atoms with E-state index in [0.717, 1.165) is 23.3 Å². The van der Waals surface area contributed by atoms with E-state index in [2.05, 4.69) is 27.3 Å². The summed E-state index contributed by atoms with van der Waals surface area (Å²) in [5.41, 5.74) is 0. The van der Waals surface area contributed by atoms with Crippen molar-refractivity contribution in [1.82, 2.24) is 10.2 Å². The Morgan fingerprint density at radius 2 is 2.47 bits per heavy atom. The molecule has 0 aliphatic carbocycles. The van der Waals surface area contributed by atoms with E-state index in [1.165, 1.54) is 4.88 Å². The van der Waals surface area contributed by atoms with Crippen molar-refractivity contribution in [3.05, 3.63) is 20.8 Å². The summed E-state index contributed by atoms with van der Waals surface area (Å²) in [6, 6.07) is 4.11. The molecule has 1 aromatic heterocycles. The molecule has 15 heavy (non-hydrogen) atoms. The standard InChI is InChI=1S/C10H13BrN2OS/c1-12-8-4-5-13(10(8)14)6-7-2-3-9(11)15-7/h2-3,8,12H,4-6H2,1H3. The molecule has 2 heterocycles. The van der Waals surface area contributed by atoms with Crippen molar-refractivity contribution < 1.29 is 4.79 Å². The van der Waals surface area contributed by atoms with Gasteiger partial charge in [-0.2, -0.15) is 0 Å². The zero-order valence-electron chi connectivity index (χ0n) is 8.50. The number of thiophene rings is 1. The van der Waals surface area contributed by atoms with Gasteiger partial charge >= 0.3 is 0 Å². The number of nitrogens with one attached hydrogen (secondary N) is 1. The highest BCUT2D eigenvalue weighted by Gasteiger charge is 2.30. The SMILES string of the molecule is CNC1CCN(Cc2ccc(Br)s2)C1=O. The van der Waals surface area contributed by atoms with E-state index < -0.39 is 0 Å². The number of hydrogen-bond donors (Lipinski definition) is 1. The van der Waals surface area contributed by atoms with Crippen LogP contribution in [0.25, 0.3) is 0 Å². The number of likely N-dealkylation sites (N-methyl/N-ethyl adjacent to an activating group) is 1. The van der Waals surface area contributed by atoms with Crippen LogP contribution in [-0.2, 0) is 11.3 Å². The van der Waals surface area contributed by atoms with Crippen LogP contribution in [0.1, 0.15) is 11.3 Å². The van der Waals surface area contributed by atoms with Crippen LogP contribution in [0, 0.1) is 0 Å². The van der Waals surface area contributed by atoms with Gasteiger partial charge < -0.3 is 10.2 Å². The molecule has 3 nitrogen and oxygen atoms in total. The predicted molar refractivity (Wildman–Crippen MR) is 64.9 cm³/mol. The lowest BCUT2D eigenvalue weighted by atomic mass is 10.3. The fraction of sp³-hybridized carbons (Fsp3) is 0.500. The van der Waals surface area contributed by atoms with Gasteiger partial charge in [0.2, 0.25) is 5.91 Å². The van der Waals surface area contributed by atoms with Gasteiger partial charge in [-0.3, -0.25) is 4.79 Å². The monoisotopic (exact) mass is 288 g/mol. The molecule has 0 aromatic carbocycles. The van der Waals surface area contributed by atoms with Gasteiger partial charge in [0.05, 0.1) is 16.4 Å². The second-order valence-corrected chi connectivity index (χ2v) is 6.14. The van der Waals surface area contributed by atoms with Crippen LogP contribution >= 0.6 is 27.3 Å². The van der Waals surface area contributed by atoms with Crippen molar-refractivity contribution in [3.63, 3.8) is 0 Å². The van der Waals surface area contributed by atoms with E-state index in [4.69, 9.17) is 0 Å². The second-order valence-electron chi connectivity index (χ2n) is 3.60. The summed E-state index contributed by atoms with van der Waals surface area (Å²) in [6.45, 7) is 1.60. The molecule has 1 saturated heterocycles. The van der Waals surface area contributed by atoms with Crippen molar-refractivity contribution in [2.45, 2.75) is 19.0 Å². The van der Waals surface area contributed by atoms with Gasteiger partial charge in [0.1, 0.15) is 0 Å². The van der Waals surface area contributed by atoms with Gasteiger partial charge in [0.15, 0.2) is 0 Å². The molecule has 1 atom stereocenters. The first-order valence-electron chi connectivity index (χ1n) is 4.91. The summed E-state index contributed by atoms with van der Waals surface area (Å²) in [6.07, 6.45) is 0.919. The molecule has 1 unspecified atom stereocenters. The zero-order chi connectivity index (χ0) is 10.8. The number of carbonyl (C=O) groups is 1. The maximum absolute atomic E-state index is 11.8. The summed E-state index contributed by atoms with van der Waals surface area (Å²) in [5, 5.41) is 3.04. The van der Waals surface area contributed by atoms with Crippen molar-refractivity contribution >= 4 is 33.2 Å². The summed E-state index contributed by atoms with van der Waals surface area (Å²) in [5.74, 6) is 0.224. The highest BCUT2D eigenvalue weighted by atomic mass is 79.9. The van der Waals surface area contributed by atoms with Gasteiger partial charge in [-0.05, 0) is 41.5 Å². The Hall–Kier alpha value is -0.390. The molecule has 5 heteroatoms. The molecule has 1 aliphatic heterocycles. The van der Waals surface area contributed by atoms with Crippen molar-refractivity contribution in [2.75, 3.05) is 13.6 Å². The van der Waals surface area contributed by atoms with E-state index in [0.29, 0.717) is 0 Å². The summed E-state index contributed by atoms with van der Waals surface area (Å²) in [4.78, 5) is 14.9. The van der Waals surface area contributed by atoms with E-state index in [1.807, 2.05) is 18.0 Å². The third-order valence-corrected chi connectivity index (χ3v) is 4.23. The molecule has 1 aliphatic rings. The van der Waals surface area contributed by atoms with E-state index in [-0.39, 0.29) is 11.9 Å². The quantitative estimate of drug-likeness (QED) is 0.920. The van der Waals surface area contributed by atoms with Gasteiger partial charge in [-0.1, -0.05) is 0 Å². The normalized spacial score (nSPS) is 21.3. The Labute approximate surface area is 102 Å². The number of amides is 1. The van der Waals surface area contributed by atoms with Crippen LogP contribution in [0.4, 0.5) is 0 Å². The largest absolute Gasteiger partial charge is 0.336 e. The van der Waals surface area contributed by atoms with Crippen molar-refractivity contribution in [2.24, 2.45) is 0 Å². The first-order valence-corrected chi connectivity index (χ1v) is 6.52. The molecule has 1 fully saturated rings. The fourth-order valence-corrected chi connectivity index (χ4v) is 3.29. The Kier molecular flexibility index (Phi) is 3.43. The summed E-state index contributed by atoms with van der Waals surface area (Å²) in [7, 11) is 1.84. The highest BCUT2D eigenvalue weighted by Crippen LogP contribution is 2.24. The second kappa shape index (κ2) is 4.63. The number of rotatable bonds is 3. The first kappa shape index (κ1) is 11.1. The third kappa shape index (κ3) is 2.41. The topological polar surface area (TPSA) is 32.3 Å². The molecule has 82 valence electrons. The van der Waals surface area contributed by atoms with Gasteiger partial charge in [0.25, 0.3) is 0 Å². The van der Waals surface area contributed by atoms with Crippen LogP contribution in [0.3, 0.4) is 0 Å². The minimum absolute atomic E-state index is 0.0217. The first-order chi connectivity index (χ1) is 7.20. The Bertz CT molecular complexity index is 366. The Morgan fingerprint density at radius 1 is 1.67 bits per heavy atom. The van der Waals surface area contributed by atoms with Crippen molar-refractivity contribution in [3.8, 4) is 0 Å². The number of likely N-dealkylation sites (tertiary alicyclic amines) is 1. The summed E-state index contributed by atoms with van der Waals surface area (Å²) >= 11 is 5.11. The predicted octanol–water partition coefficient (Wildman–Crippen LogP) is 1.83. The van der Waals surface area contributed by atoms with Crippen LogP contribution in [-0.4, -0.2) is 30.4 Å². The average molecular weight is 289 g/mol. The molecular formula is C10H13BrN2OS. The Morgan fingerprint density at radius 3 is 3.00 bits per heavy atom.